The van der Waals surface area contributed by atoms with E-state index in [2.05, 4.69) is 243 Å². The summed E-state index contributed by atoms with van der Waals surface area (Å²) >= 11 is 0. The van der Waals surface area contributed by atoms with E-state index >= 15 is 0 Å². The maximum atomic E-state index is 4.86. The summed E-state index contributed by atoms with van der Waals surface area (Å²) in [4.78, 5) is 19.2. The van der Waals surface area contributed by atoms with Crippen LogP contribution in [0.15, 0.2) is 158 Å². The van der Waals surface area contributed by atoms with Crippen LogP contribution in [0.25, 0.3) is 54.5 Å². The lowest BCUT2D eigenvalue weighted by Gasteiger charge is -2.45. The molecule has 0 atom stereocenters. The Balaban J connectivity index is 1.27. The second-order valence-corrected chi connectivity index (χ2v) is 24.4. The van der Waals surface area contributed by atoms with Gasteiger partial charge in [0, 0.05) is 39.7 Å². The van der Waals surface area contributed by atoms with Gasteiger partial charge in [-0.05, 0) is 176 Å². The number of hydrogen-bond donors (Lipinski definition) is 0. The number of rotatable bonds is 3. The molecule has 9 aromatic carbocycles. The third-order valence-electron chi connectivity index (χ3n) is 15.3. The summed E-state index contributed by atoms with van der Waals surface area (Å²) in [6.45, 7) is 27.9. The van der Waals surface area contributed by atoms with Crippen molar-refractivity contribution in [2.45, 2.75) is 105 Å². The van der Waals surface area contributed by atoms with Gasteiger partial charge >= 0.3 is 0 Å². The normalized spacial score (nSPS) is 13.8. The van der Waals surface area contributed by atoms with Crippen LogP contribution in [0, 0.1) is 0 Å². The SMILES string of the molecule is CC(C)(C)c1cc(N2c3cc4cc5ccccc5cc4cc3B3c4cc5cc6ccccc6cc5cc4N(c4cc(C(C)(C)C)cc(C(C)(C)C)c4)c4cc(-c5ncncn5)cc2c43)cc(C(C)(C)C)c1. The molecule has 0 radical (unpaired) electrons. The molecule has 2 aliphatic rings. The highest BCUT2D eigenvalue weighted by Crippen LogP contribution is 2.49. The number of anilines is 6. The molecule has 5 nitrogen and oxygen atoms in total. The summed E-state index contributed by atoms with van der Waals surface area (Å²) < 4.78 is 0. The zero-order chi connectivity index (χ0) is 49.5. The maximum Gasteiger partial charge on any atom is 0.252 e. The van der Waals surface area contributed by atoms with Crippen LogP contribution in [0.1, 0.15) is 105 Å². The lowest BCUT2D eigenvalue weighted by Crippen LogP contribution is -2.61. The van der Waals surface area contributed by atoms with Crippen molar-refractivity contribution in [1.82, 2.24) is 15.0 Å². The second kappa shape index (κ2) is 15.6. The van der Waals surface area contributed by atoms with Gasteiger partial charge in [0.05, 0.1) is 0 Å². The van der Waals surface area contributed by atoms with Gasteiger partial charge in [-0.15, -0.1) is 0 Å². The highest BCUT2D eigenvalue weighted by molar-refractivity contribution is 7.00. The molecule has 10 aromatic rings. The molecule has 0 amide bonds. The van der Waals surface area contributed by atoms with Crippen LogP contribution in [-0.2, 0) is 21.7 Å². The number of aromatic nitrogens is 3. The van der Waals surface area contributed by atoms with Crippen LogP contribution in [0.3, 0.4) is 0 Å². The van der Waals surface area contributed by atoms with Crippen molar-refractivity contribution < 1.29 is 0 Å². The Labute approximate surface area is 419 Å². The van der Waals surface area contributed by atoms with Crippen LogP contribution in [0.2, 0.25) is 0 Å². The minimum atomic E-state index is -0.114. The molecular formula is C65H62BN5. The van der Waals surface area contributed by atoms with E-state index < -0.39 is 0 Å². The molecule has 2 aliphatic heterocycles. The number of hydrogen-bond acceptors (Lipinski definition) is 5. The van der Waals surface area contributed by atoms with Gasteiger partial charge in [0.25, 0.3) is 6.71 Å². The summed E-state index contributed by atoms with van der Waals surface area (Å²) in [5.74, 6) is 0.639. The smallest absolute Gasteiger partial charge is 0.252 e. The molecule has 0 fully saturated rings. The van der Waals surface area contributed by atoms with E-state index in [9.17, 15) is 0 Å². The van der Waals surface area contributed by atoms with Crippen molar-refractivity contribution in [2.24, 2.45) is 0 Å². The zero-order valence-corrected chi connectivity index (χ0v) is 43.3. The highest BCUT2D eigenvalue weighted by atomic mass is 15.2. The third kappa shape index (κ3) is 7.57. The fraction of sp³-hybridized carbons (Fsp3) is 0.246. The van der Waals surface area contributed by atoms with Gasteiger partial charge < -0.3 is 9.80 Å². The molecule has 0 spiro atoms. The molecule has 12 rings (SSSR count). The van der Waals surface area contributed by atoms with E-state index in [0.717, 1.165) is 28.3 Å². The summed E-state index contributed by atoms with van der Waals surface area (Å²) in [5, 5.41) is 9.84. The fourth-order valence-electron chi connectivity index (χ4n) is 11.2. The van der Waals surface area contributed by atoms with Gasteiger partial charge in [-0.3, -0.25) is 0 Å². The third-order valence-corrected chi connectivity index (χ3v) is 15.3. The number of benzene rings is 9. The molecule has 0 unspecified atom stereocenters. The average Bonchev–Trinajstić information content (AvgIpc) is 3.32. The predicted octanol–water partition coefficient (Wildman–Crippen LogP) is 15.4. The Kier molecular flexibility index (Phi) is 9.86. The molecule has 6 heteroatoms. The Hall–Kier alpha value is -7.31. The molecule has 350 valence electrons. The lowest BCUT2D eigenvalue weighted by atomic mass is 9.33. The number of fused-ring (bicyclic) bond motifs is 8. The summed E-state index contributed by atoms with van der Waals surface area (Å²) in [6.07, 6.45) is 3.24. The van der Waals surface area contributed by atoms with Crippen molar-refractivity contribution in [2.75, 3.05) is 9.80 Å². The van der Waals surface area contributed by atoms with Gasteiger partial charge in [-0.25, -0.2) is 15.0 Å². The topological polar surface area (TPSA) is 45.2 Å². The predicted molar refractivity (Wildman–Crippen MR) is 304 cm³/mol. The minimum Gasteiger partial charge on any atom is -0.311 e. The first-order valence-electron chi connectivity index (χ1n) is 25.3. The van der Waals surface area contributed by atoms with E-state index in [1.165, 1.54) is 93.1 Å². The van der Waals surface area contributed by atoms with Crippen molar-refractivity contribution in [3.8, 4) is 11.4 Å². The van der Waals surface area contributed by atoms with Crippen molar-refractivity contribution in [3.05, 3.63) is 181 Å². The van der Waals surface area contributed by atoms with Gasteiger partial charge in [-0.2, -0.15) is 0 Å². The van der Waals surface area contributed by atoms with E-state index in [1.807, 2.05) is 0 Å². The first-order valence-corrected chi connectivity index (χ1v) is 25.3. The van der Waals surface area contributed by atoms with Gasteiger partial charge in [0.1, 0.15) is 12.7 Å². The van der Waals surface area contributed by atoms with E-state index in [0.29, 0.717) is 5.82 Å². The molecule has 3 heterocycles. The van der Waals surface area contributed by atoms with Crippen molar-refractivity contribution in [1.29, 1.82) is 0 Å². The highest BCUT2D eigenvalue weighted by Gasteiger charge is 2.45. The van der Waals surface area contributed by atoms with Crippen LogP contribution in [0.5, 0.6) is 0 Å². The standard InChI is InChI=1S/C65H62BN5/c1-62(2,3)48-31-49(63(4,5)6)34-52(33-48)70-56-27-45-23-41-19-15-13-17-39(41)21-43(45)25-54(56)66-55-26-44-22-40-18-14-16-20-42(40)24-46(44)28-57(55)71(53-35-50(64(7,8)9)32-51(36-53)65(10,11)12)59-30-47(29-58(70)60(59)66)61-68-37-67-38-69-61/h13-38H,1-12H3. The lowest BCUT2D eigenvalue weighted by molar-refractivity contribution is 0.568. The van der Waals surface area contributed by atoms with E-state index in [1.54, 1.807) is 12.7 Å². The average molecular weight is 924 g/mol. The molecular weight excluding hydrogens is 862 g/mol. The molecule has 1 aromatic heterocycles. The quantitative estimate of drug-likeness (QED) is 0.130. The Morgan fingerprint density at radius 1 is 0.352 bits per heavy atom. The fourth-order valence-corrected chi connectivity index (χ4v) is 11.2. The van der Waals surface area contributed by atoms with Gasteiger partial charge in [0.2, 0.25) is 0 Å². The summed E-state index contributed by atoms with van der Waals surface area (Å²) in [7, 11) is 0. The van der Waals surface area contributed by atoms with Crippen LogP contribution in [0.4, 0.5) is 34.1 Å². The first-order chi connectivity index (χ1) is 33.7. The van der Waals surface area contributed by atoms with E-state index in [-0.39, 0.29) is 28.4 Å². The monoisotopic (exact) mass is 924 g/mol. The Bertz CT molecular complexity index is 3530. The second-order valence-electron chi connectivity index (χ2n) is 24.4. The maximum absolute atomic E-state index is 4.86. The Morgan fingerprint density at radius 2 is 0.690 bits per heavy atom. The first kappa shape index (κ1) is 44.9. The van der Waals surface area contributed by atoms with Crippen LogP contribution >= 0.6 is 0 Å². The molecule has 0 saturated heterocycles. The van der Waals surface area contributed by atoms with Gasteiger partial charge in [0.15, 0.2) is 5.82 Å². The summed E-state index contributed by atoms with van der Waals surface area (Å²) in [5.41, 5.74) is 16.5. The molecule has 0 N–H and O–H groups in total. The van der Waals surface area contributed by atoms with Crippen molar-refractivity contribution in [3.63, 3.8) is 0 Å². The molecule has 71 heavy (non-hydrogen) atoms. The Morgan fingerprint density at radius 3 is 1.03 bits per heavy atom. The summed E-state index contributed by atoms with van der Waals surface area (Å²) in [6, 6.07) is 56.4. The number of nitrogens with zero attached hydrogens (tertiary/aromatic N) is 5. The zero-order valence-electron chi connectivity index (χ0n) is 43.3. The molecule has 0 saturated carbocycles. The molecule has 0 bridgehead atoms. The molecule has 0 aliphatic carbocycles. The van der Waals surface area contributed by atoms with E-state index in [4.69, 9.17) is 9.97 Å². The van der Waals surface area contributed by atoms with Crippen LogP contribution in [-0.4, -0.2) is 21.7 Å². The van der Waals surface area contributed by atoms with Gasteiger partial charge in [-0.1, -0.05) is 156 Å². The van der Waals surface area contributed by atoms with Crippen molar-refractivity contribution >= 4 is 100 Å². The minimum absolute atomic E-state index is 0.102. The largest absolute Gasteiger partial charge is 0.311 e. The van der Waals surface area contributed by atoms with Crippen LogP contribution < -0.4 is 26.2 Å².